The molecule has 2 N–H and O–H groups in total. The van der Waals surface area contributed by atoms with Crippen LogP contribution in [0.15, 0.2) is 42.5 Å². The summed E-state index contributed by atoms with van der Waals surface area (Å²) in [7, 11) is 1.66. The molecule has 2 rings (SSSR count). The van der Waals surface area contributed by atoms with Crippen molar-refractivity contribution < 1.29 is 4.74 Å². The lowest BCUT2D eigenvalue weighted by atomic mass is 10.3. The lowest BCUT2D eigenvalue weighted by molar-refractivity contribution is 0.416. The number of rotatable bonds is 6. The molecule has 0 radical (unpaired) electrons. The molecule has 20 heavy (non-hydrogen) atoms. The molecular weight excluding hydrogens is 295 g/mol. The second-order valence-electron chi connectivity index (χ2n) is 4.18. The number of benzene rings is 2. The van der Waals surface area contributed by atoms with E-state index in [0.717, 1.165) is 30.2 Å². The third-order valence-corrected chi connectivity index (χ3v) is 3.54. The number of anilines is 2. The van der Waals surface area contributed by atoms with Crippen molar-refractivity contribution in [3.05, 3.63) is 52.5 Å². The molecule has 106 valence electrons. The van der Waals surface area contributed by atoms with Gasteiger partial charge in [-0.25, -0.2) is 0 Å². The Morgan fingerprint density at radius 2 is 1.70 bits per heavy atom. The summed E-state index contributed by atoms with van der Waals surface area (Å²) in [5.74, 6) is 0.835. The Kier molecular flexibility index (Phi) is 5.39. The van der Waals surface area contributed by atoms with Crippen molar-refractivity contribution >= 4 is 34.6 Å². The Morgan fingerprint density at radius 3 is 2.45 bits per heavy atom. The number of hydrogen-bond acceptors (Lipinski definition) is 3. The van der Waals surface area contributed by atoms with Crippen LogP contribution in [0.4, 0.5) is 11.4 Å². The average molecular weight is 311 g/mol. The number of halogens is 2. The topological polar surface area (TPSA) is 33.3 Å². The molecule has 0 fully saturated rings. The molecule has 5 heteroatoms. The predicted octanol–water partition coefficient (Wildman–Crippen LogP) is 4.53. The number of nitrogens with one attached hydrogen (secondary N) is 2. The van der Waals surface area contributed by atoms with Crippen LogP contribution in [-0.2, 0) is 0 Å². The number of methoxy groups -OCH3 is 1. The lowest BCUT2D eigenvalue weighted by Gasteiger charge is -2.12. The standard InChI is InChI=1S/C15H16Cl2N2O/c1-20-15-5-3-2-4-14(15)19-9-8-18-11-6-7-12(16)13(17)10-11/h2-7,10,18-19H,8-9H2,1H3. The first-order chi connectivity index (χ1) is 9.70. The molecule has 3 nitrogen and oxygen atoms in total. The van der Waals surface area contributed by atoms with Crippen LogP contribution in [0.1, 0.15) is 0 Å². The van der Waals surface area contributed by atoms with E-state index in [-0.39, 0.29) is 0 Å². The SMILES string of the molecule is COc1ccccc1NCCNc1ccc(Cl)c(Cl)c1. The molecule has 0 heterocycles. The summed E-state index contributed by atoms with van der Waals surface area (Å²) in [5, 5.41) is 7.70. The molecule has 0 unspecified atom stereocenters. The molecule has 0 aliphatic carbocycles. The summed E-state index contributed by atoms with van der Waals surface area (Å²) in [5.41, 5.74) is 1.92. The average Bonchev–Trinajstić information content (AvgIpc) is 2.47. The van der Waals surface area contributed by atoms with Gasteiger partial charge in [0.05, 0.1) is 22.8 Å². The quantitative estimate of drug-likeness (QED) is 0.769. The van der Waals surface area contributed by atoms with E-state index in [9.17, 15) is 0 Å². The van der Waals surface area contributed by atoms with Crippen molar-refractivity contribution in [3.8, 4) is 5.75 Å². The summed E-state index contributed by atoms with van der Waals surface area (Å²) in [6.45, 7) is 1.52. The third-order valence-electron chi connectivity index (χ3n) is 2.80. The summed E-state index contributed by atoms with van der Waals surface area (Å²) < 4.78 is 5.27. The van der Waals surface area contributed by atoms with Crippen molar-refractivity contribution in [1.29, 1.82) is 0 Å². The van der Waals surface area contributed by atoms with Gasteiger partial charge in [0.25, 0.3) is 0 Å². The van der Waals surface area contributed by atoms with Gasteiger partial charge in [-0.05, 0) is 30.3 Å². The highest BCUT2D eigenvalue weighted by atomic mass is 35.5. The lowest BCUT2D eigenvalue weighted by Crippen LogP contribution is -2.14. The van der Waals surface area contributed by atoms with E-state index in [2.05, 4.69) is 10.6 Å². The van der Waals surface area contributed by atoms with E-state index < -0.39 is 0 Å². The molecule has 2 aromatic carbocycles. The minimum atomic E-state index is 0.550. The Morgan fingerprint density at radius 1 is 0.950 bits per heavy atom. The van der Waals surface area contributed by atoms with Gasteiger partial charge < -0.3 is 15.4 Å². The maximum atomic E-state index is 5.96. The van der Waals surface area contributed by atoms with Crippen LogP contribution in [0.5, 0.6) is 5.75 Å². The van der Waals surface area contributed by atoms with Crippen molar-refractivity contribution in [2.45, 2.75) is 0 Å². The van der Waals surface area contributed by atoms with Crippen LogP contribution in [0.2, 0.25) is 10.0 Å². The fraction of sp³-hybridized carbons (Fsp3) is 0.200. The molecular formula is C15H16Cl2N2O. The van der Waals surface area contributed by atoms with E-state index in [1.54, 1.807) is 13.2 Å². The molecule has 0 aromatic heterocycles. The highest BCUT2D eigenvalue weighted by Gasteiger charge is 2.01. The van der Waals surface area contributed by atoms with Crippen molar-refractivity contribution in [1.82, 2.24) is 0 Å². The fourth-order valence-corrected chi connectivity index (χ4v) is 2.10. The Bertz CT molecular complexity index is 576. The summed E-state index contributed by atoms with van der Waals surface area (Å²) in [6, 6.07) is 13.3. The van der Waals surface area contributed by atoms with E-state index >= 15 is 0 Å². The van der Waals surface area contributed by atoms with Gasteiger partial charge in [-0.3, -0.25) is 0 Å². The minimum Gasteiger partial charge on any atom is -0.495 e. The molecule has 0 amide bonds. The molecule has 0 bridgehead atoms. The van der Waals surface area contributed by atoms with Gasteiger partial charge in [-0.15, -0.1) is 0 Å². The minimum absolute atomic E-state index is 0.550. The first-order valence-corrected chi connectivity index (χ1v) is 7.02. The van der Waals surface area contributed by atoms with E-state index in [1.807, 2.05) is 36.4 Å². The van der Waals surface area contributed by atoms with Crippen LogP contribution < -0.4 is 15.4 Å². The first-order valence-electron chi connectivity index (χ1n) is 6.26. The number of hydrogen-bond donors (Lipinski definition) is 2. The highest BCUT2D eigenvalue weighted by molar-refractivity contribution is 6.42. The first kappa shape index (κ1) is 14.8. The van der Waals surface area contributed by atoms with Gasteiger partial charge in [0.15, 0.2) is 0 Å². The normalized spacial score (nSPS) is 10.2. The molecule has 0 saturated carbocycles. The van der Waals surface area contributed by atoms with Gasteiger partial charge in [-0.1, -0.05) is 35.3 Å². The molecule has 0 aliphatic rings. The Balaban J connectivity index is 1.83. The van der Waals surface area contributed by atoms with Crippen molar-refractivity contribution in [2.24, 2.45) is 0 Å². The van der Waals surface area contributed by atoms with Crippen LogP contribution in [0, 0.1) is 0 Å². The number of para-hydroxylation sites is 2. The smallest absolute Gasteiger partial charge is 0.141 e. The van der Waals surface area contributed by atoms with Crippen molar-refractivity contribution in [2.75, 3.05) is 30.8 Å². The maximum Gasteiger partial charge on any atom is 0.141 e. The predicted molar refractivity (Wildman–Crippen MR) is 86.4 cm³/mol. The van der Waals surface area contributed by atoms with Gasteiger partial charge >= 0.3 is 0 Å². The molecule has 2 aromatic rings. The molecule has 0 atom stereocenters. The zero-order chi connectivity index (χ0) is 14.4. The summed E-state index contributed by atoms with van der Waals surface area (Å²) in [6.07, 6.45) is 0. The zero-order valence-corrected chi connectivity index (χ0v) is 12.6. The Labute approximate surface area is 128 Å². The molecule has 0 aliphatic heterocycles. The van der Waals surface area contributed by atoms with E-state index in [0.29, 0.717) is 10.0 Å². The van der Waals surface area contributed by atoms with Crippen molar-refractivity contribution in [3.63, 3.8) is 0 Å². The number of ether oxygens (including phenoxy) is 1. The summed E-state index contributed by atoms with van der Waals surface area (Å²) in [4.78, 5) is 0. The largest absolute Gasteiger partial charge is 0.495 e. The molecule has 0 saturated heterocycles. The zero-order valence-electron chi connectivity index (χ0n) is 11.1. The van der Waals surface area contributed by atoms with Crippen LogP contribution in [-0.4, -0.2) is 20.2 Å². The van der Waals surface area contributed by atoms with E-state index in [4.69, 9.17) is 27.9 Å². The Hall–Kier alpha value is -1.58. The monoisotopic (exact) mass is 310 g/mol. The van der Waals surface area contributed by atoms with Gasteiger partial charge in [-0.2, -0.15) is 0 Å². The highest BCUT2D eigenvalue weighted by Crippen LogP contribution is 2.25. The second-order valence-corrected chi connectivity index (χ2v) is 5.00. The molecule has 0 spiro atoms. The fourth-order valence-electron chi connectivity index (χ4n) is 1.80. The van der Waals surface area contributed by atoms with Crippen LogP contribution in [0.3, 0.4) is 0 Å². The van der Waals surface area contributed by atoms with Gasteiger partial charge in [0.1, 0.15) is 5.75 Å². The third kappa shape index (κ3) is 3.95. The summed E-state index contributed by atoms with van der Waals surface area (Å²) >= 11 is 11.8. The van der Waals surface area contributed by atoms with Crippen LogP contribution in [0.25, 0.3) is 0 Å². The van der Waals surface area contributed by atoms with Crippen LogP contribution >= 0.6 is 23.2 Å². The van der Waals surface area contributed by atoms with E-state index in [1.165, 1.54) is 0 Å². The van der Waals surface area contributed by atoms with Gasteiger partial charge in [0.2, 0.25) is 0 Å². The maximum absolute atomic E-state index is 5.96. The second kappa shape index (κ2) is 7.27. The van der Waals surface area contributed by atoms with Gasteiger partial charge in [0, 0.05) is 18.8 Å².